The molecule has 2 atom stereocenters. The molecule has 4 heteroatoms. The van der Waals surface area contributed by atoms with E-state index in [2.05, 4.69) is 28.6 Å². The van der Waals surface area contributed by atoms with Crippen LogP contribution < -0.4 is 0 Å². The van der Waals surface area contributed by atoms with E-state index in [-0.39, 0.29) is 0 Å². The Morgan fingerprint density at radius 3 is 2.87 bits per heavy atom. The molecule has 0 N–H and O–H groups in total. The molecular weight excluding hydrogens is 210 g/mol. The highest BCUT2D eigenvalue weighted by molar-refractivity contribution is 6.28. The molecule has 84 valence electrons. The fourth-order valence-electron chi connectivity index (χ4n) is 2.54. The summed E-state index contributed by atoms with van der Waals surface area (Å²) in [6.45, 7) is 4.42. The lowest BCUT2D eigenvalue weighted by atomic mass is 9.87. The van der Waals surface area contributed by atoms with E-state index >= 15 is 0 Å². The van der Waals surface area contributed by atoms with Crippen LogP contribution in [0.2, 0.25) is 5.28 Å². The maximum atomic E-state index is 6.09. The summed E-state index contributed by atoms with van der Waals surface area (Å²) in [5, 5.41) is 8.64. The van der Waals surface area contributed by atoms with Crippen LogP contribution in [0.4, 0.5) is 0 Å². The molecule has 2 unspecified atom stereocenters. The number of hydrogen-bond donors (Lipinski definition) is 0. The highest BCUT2D eigenvalue weighted by Gasteiger charge is 2.24. The zero-order valence-electron chi connectivity index (χ0n) is 9.41. The summed E-state index contributed by atoms with van der Waals surface area (Å²) in [7, 11) is 0. The minimum absolute atomic E-state index is 0.520. The van der Waals surface area contributed by atoms with Crippen LogP contribution in [0.15, 0.2) is 0 Å². The quantitative estimate of drug-likeness (QED) is 0.777. The molecule has 0 bridgehead atoms. The molecule has 1 saturated carbocycles. The van der Waals surface area contributed by atoms with E-state index in [1.54, 1.807) is 0 Å². The first-order chi connectivity index (χ1) is 7.22. The van der Waals surface area contributed by atoms with Gasteiger partial charge in [0, 0.05) is 12.5 Å². The van der Waals surface area contributed by atoms with Gasteiger partial charge < -0.3 is 0 Å². The van der Waals surface area contributed by atoms with Gasteiger partial charge in [0.2, 0.25) is 5.28 Å². The topological polar surface area (TPSA) is 30.7 Å². The van der Waals surface area contributed by atoms with Crippen molar-refractivity contribution in [3.8, 4) is 0 Å². The molecule has 0 amide bonds. The number of aryl methyl sites for hydroxylation is 1. The van der Waals surface area contributed by atoms with Crippen LogP contribution in [-0.2, 0) is 6.42 Å². The molecule has 0 aromatic carbocycles. The van der Waals surface area contributed by atoms with Gasteiger partial charge in [0.15, 0.2) is 0 Å². The molecule has 15 heavy (non-hydrogen) atoms. The molecular formula is C11H18ClN3. The summed E-state index contributed by atoms with van der Waals surface area (Å²) < 4.78 is 2.14. The van der Waals surface area contributed by atoms with E-state index in [1.165, 1.54) is 25.7 Å². The minimum atomic E-state index is 0.520. The Bertz CT molecular complexity index is 335. The Kier molecular flexibility index (Phi) is 3.29. The van der Waals surface area contributed by atoms with Gasteiger partial charge in [-0.25, -0.2) is 0 Å². The van der Waals surface area contributed by atoms with E-state index in [0.717, 1.165) is 18.2 Å². The van der Waals surface area contributed by atoms with Crippen LogP contribution in [0, 0.1) is 5.92 Å². The maximum absolute atomic E-state index is 6.09. The third-order valence-corrected chi connectivity index (χ3v) is 3.57. The Labute approximate surface area is 95.8 Å². The van der Waals surface area contributed by atoms with Crippen molar-refractivity contribution in [2.45, 2.75) is 52.0 Å². The summed E-state index contributed by atoms with van der Waals surface area (Å²) in [5.41, 5.74) is 0. The lowest BCUT2D eigenvalue weighted by Gasteiger charge is -2.28. The third kappa shape index (κ3) is 2.17. The van der Waals surface area contributed by atoms with Crippen molar-refractivity contribution in [1.29, 1.82) is 0 Å². The zero-order chi connectivity index (χ0) is 10.8. The predicted molar refractivity (Wildman–Crippen MR) is 61.1 cm³/mol. The van der Waals surface area contributed by atoms with E-state index in [1.807, 2.05) is 0 Å². The molecule has 0 saturated heterocycles. The van der Waals surface area contributed by atoms with Crippen LogP contribution in [0.3, 0.4) is 0 Å². The first kappa shape index (κ1) is 10.9. The second-order valence-corrected chi connectivity index (χ2v) is 4.87. The monoisotopic (exact) mass is 227 g/mol. The second kappa shape index (κ2) is 4.52. The van der Waals surface area contributed by atoms with Crippen molar-refractivity contribution < 1.29 is 0 Å². The molecule has 3 nitrogen and oxygen atoms in total. The fourth-order valence-corrected chi connectivity index (χ4v) is 2.81. The largest absolute Gasteiger partial charge is 0.299 e. The fraction of sp³-hybridized carbons (Fsp3) is 0.818. The van der Waals surface area contributed by atoms with E-state index in [4.69, 9.17) is 11.6 Å². The SMILES string of the molecule is CCc1nnc(Cl)n1C1CCCC(C)C1. The third-order valence-electron chi connectivity index (χ3n) is 3.31. The van der Waals surface area contributed by atoms with Gasteiger partial charge in [-0.1, -0.05) is 26.7 Å². The first-order valence-corrected chi connectivity index (χ1v) is 6.19. The Balaban J connectivity index is 2.23. The maximum Gasteiger partial charge on any atom is 0.225 e. The van der Waals surface area contributed by atoms with E-state index < -0.39 is 0 Å². The van der Waals surface area contributed by atoms with Crippen molar-refractivity contribution in [2.24, 2.45) is 5.92 Å². The van der Waals surface area contributed by atoms with Crippen molar-refractivity contribution in [1.82, 2.24) is 14.8 Å². The van der Waals surface area contributed by atoms with Crippen LogP contribution in [0.25, 0.3) is 0 Å². The summed E-state index contributed by atoms with van der Waals surface area (Å²) in [5.74, 6) is 1.83. The number of hydrogen-bond acceptors (Lipinski definition) is 2. The molecule has 1 aliphatic carbocycles. The van der Waals surface area contributed by atoms with Crippen LogP contribution >= 0.6 is 11.6 Å². The Hall–Kier alpha value is -0.570. The van der Waals surface area contributed by atoms with Gasteiger partial charge in [0.25, 0.3) is 0 Å². The summed E-state index contributed by atoms with van der Waals surface area (Å²) in [6, 6.07) is 0.520. The molecule has 0 radical (unpaired) electrons. The van der Waals surface area contributed by atoms with Crippen molar-refractivity contribution in [2.75, 3.05) is 0 Å². The normalized spacial score (nSPS) is 26.9. The van der Waals surface area contributed by atoms with Crippen LogP contribution in [0.1, 0.15) is 51.4 Å². The van der Waals surface area contributed by atoms with Crippen LogP contribution in [0.5, 0.6) is 0 Å². The second-order valence-electron chi connectivity index (χ2n) is 4.53. The first-order valence-electron chi connectivity index (χ1n) is 5.81. The van der Waals surface area contributed by atoms with Gasteiger partial charge in [-0.2, -0.15) is 0 Å². The molecule has 1 heterocycles. The number of nitrogens with zero attached hydrogens (tertiary/aromatic N) is 3. The summed E-state index contributed by atoms with van der Waals surface area (Å²) >= 11 is 6.09. The average molecular weight is 228 g/mol. The molecule has 2 rings (SSSR count). The number of halogens is 1. The van der Waals surface area contributed by atoms with Gasteiger partial charge >= 0.3 is 0 Å². The van der Waals surface area contributed by atoms with Gasteiger partial charge in [-0.15, -0.1) is 10.2 Å². The number of rotatable bonds is 2. The van der Waals surface area contributed by atoms with Crippen molar-refractivity contribution in [3.05, 3.63) is 11.1 Å². The van der Waals surface area contributed by atoms with Crippen LogP contribution in [-0.4, -0.2) is 14.8 Å². The Morgan fingerprint density at radius 1 is 1.40 bits per heavy atom. The highest BCUT2D eigenvalue weighted by Crippen LogP contribution is 2.34. The summed E-state index contributed by atoms with van der Waals surface area (Å²) in [4.78, 5) is 0. The zero-order valence-corrected chi connectivity index (χ0v) is 10.2. The van der Waals surface area contributed by atoms with Gasteiger partial charge in [0.05, 0.1) is 0 Å². The van der Waals surface area contributed by atoms with E-state index in [0.29, 0.717) is 11.3 Å². The Morgan fingerprint density at radius 2 is 2.20 bits per heavy atom. The lowest BCUT2D eigenvalue weighted by Crippen LogP contribution is -2.19. The van der Waals surface area contributed by atoms with Gasteiger partial charge in [-0.3, -0.25) is 4.57 Å². The van der Waals surface area contributed by atoms with Gasteiger partial charge in [0.1, 0.15) is 5.82 Å². The van der Waals surface area contributed by atoms with Crippen molar-refractivity contribution in [3.63, 3.8) is 0 Å². The molecule has 0 spiro atoms. The van der Waals surface area contributed by atoms with E-state index in [9.17, 15) is 0 Å². The molecule has 1 aliphatic rings. The van der Waals surface area contributed by atoms with Crippen molar-refractivity contribution >= 4 is 11.6 Å². The summed E-state index contributed by atoms with van der Waals surface area (Å²) in [6.07, 6.45) is 5.98. The smallest absolute Gasteiger partial charge is 0.225 e. The predicted octanol–water partition coefficient (Wildman–Crippen LogP) is 3.25. The molecule has 1 aromatic heterocycles. The molecule has 0 aliphatic heterocycles. The standard InChI is InChI=1S/C11H18ClN3/c1-3-10-13-14-11(12)15(10)9-6-4-5-8(2)7-9/h8-9H,3-7H2,1-2H3. The lowest BCUT2D eigenvalue weighted by molar-refractivity contribution is 0.278. The number of aromatic nitrogens is 3. The highest BCUT2D eigenvalue weighted by atomic mass is 35.5. The molecule has 1 fully saturated rings. The average Bonchev–Trinajstić information content (AvgIpc) is 2.59. The van der Waals surface area contributed by atoms with Gasteiger partial charge in [-0.05, 0) is 30.4 Å². The molecule has 1 aromatic rings. The minimum Gasteiger partial charge on any atom is -0.299 e.